The Kier molecular flexibility index (Phi) is 9.19. The van der Waals surface area contributed by atoms with E-state index < -0.39 is 54.5 Å². The van der Waals surface area contributed by atoms with Gasteiger partial charge in [0.15, 0.2) is 0 Å². The Bertz CT molecular complexity index is 550. The van der Waals surface area contributed by atoms with Crippen molar-refractivity contribution < 1.29 is 29.4 Å². The van der Waals surface area contributed by atoms with Gasteiger partial charge in [0.05, 0.1) is 6.61 Å². The molecule has 10 nitrogen and oxygen atoms in total. The number of carbonyl (C=O) groups is 4. The van der Waals surface area contributed by atoms with Crippen LogP contribution in [0, 0.1) is 0 Å². The molecule has 0 spiro atoms. The highest BCUT2D eigenvalue weighted by atomic mass is 32.1. The predicted molar refractivity (Wildman–Crippen MR) is 99.0 cm³/mol. The van der Waals surface area contributed by atoms with Crippen molar-refractivity contribution in [1.82, 2.24) is 15.5 Å². The highest BCUT2D eigenvalue weighted by Gasteiger charge is 2.37. The molecule has 0 bridgehead atoms. The van der Waals surface area contributed by atoms with Gasteiger partial charge >= 0.3 is 5.97 Å². The van der Waals surface area contributed by atoms with Crippen LogP contribution in [0.4, 0.5) is 0 Å². The van der Waals surface area contributed by atoms with E-state index in [1.54, 1.807) is 0 Å². The lowest BCUT2D eigenvalue weighted by atomic mass is 10.1. The van der Waals surface area contributed by atoms with E-state index in [4.69, 9.17) is 15.9 Å². The summed E-state index contributed by atoms with van der Waals surface area (Å²) in [6.45, 7) is -0.214. The molecule has 12 heteroatoms. The molecule has 0 aromatic carbocycles. The molecule has 1 aliphatic rings. The zero-order valence-corrected chi connectivity index (χ0v) is 15.8. The van der Waals surface area contributed by atoms with E-state index >= 15 is 0 Å². The maximum atomic E-state index is 12.5. The highest BCUT2D eigenvalue weighted by molar-refractivity contribution is 7.80. The molecule has 4 atom stereocenters. The van der Waals surface area contributed by atoms with Crippen LogP contribution in [0.2, 0.25) is 0 Å². The van der Waals surface area contributed by atoms with Crippen molar-refractivity contribution >= 4 is 48.9 Å². The number of thiol groups is 2. The van der Waals surface area contributed by atoms with Crippen molar-refractivity contribution in [1.29, 1.82) is 0 Å². The van der Waals surface area contributed by atoms with Gasteiger partial charge in [-0.15, -0.1) is 0 Å². The molecule has 148 valence electrons. The van der Waals surface area contributed by atoms with E-state index in [-0.39, 0.29) is 11.5 Å². The number of aliphatic hydroxyl groups excluding tert-OH is 1. The zero-order chi connectivity index (χ0) is 19.9. The Morgan fingerprint density at radius 2 is 1.77 bits per heavy atom. The summed E-state index contributed by atoms with van der Waals surface area (Å²) in [6, 6.07) is -4.19. The number of aliphatic carboxylic acids is 1. The van der Waals surface area contributed by atoms with Crippen LogP contribution in [0.25, 0.3) is 0 Å². The topological polar surface area (TPSA) is 162 Å². The number of nitrogens with zero attached hydrogens (tertiary/aromatic N) is 1. The minimum absolute atomic E-state index is 0.0622. The molecule has 26 heavy (non-hydrogen) atoms. The number of nitrogens with one attached hydrogen (secondary N) is 2. The fourth-order valence-corrected chi connectivity index (χ4v) is 3.02. The summed E-state index contributed by atoms with van der Waals surface area (Å²) in [5.41, 5.74) is 5.52. The minimum atomic E-state index is -1.25. The molecule has 1 heterocycles. The summed E-state index contributed by atoms with van der Waals surface area (Å²) in [4.78, 5) is 49.0. The standard InChI is InChI=1S/C14H24N4O6S2/c15-7(4-19)13(22)18-3-1-2-10(18)12(21)16-8(5-25)11(20)17-9(6-26)14(23)24/h7-10,19,25-26H,1-6,15H2,(H,16,21)(H,17,20)(H,23,24). The van der Waals surface area contributed by atoms with Crippen molar-refractivity contribution in [3.63, 3.8) is 0 Å². The van der Waals surface area contributed by atoms with Gasteiger partial charge in [0.25, 0.3) is 0 Å². The normalized spacial score (nSPS) is 20.2. The van der Waals surface area contributed by atoms with Gasteiger partial charge < -0.3 is 31.5 Å². The van der Waals surface area contributed by atoms with Crippen molar-refractivity contribution in [3.05, 3.63) is 0 Å². The first kappa shape index (κ1) is 22.5. The van der Waals surface area contributed by atoms with Crippen LogP contribution in [0.5, 0.6) is 0 Å². The summed E-state index contributed by atoms with van der Waals surface area (Å²) in [5, 5.41) is 22.7. The van der Waals surface area contributed by atoms with Crippen molar-refractivity contribution in [2.75, 3.05) is 24.7 Å². The molecule has 0 aromatic rings. The Labute approximate surface area is 161 Å². The van der Waals surface area contributed by atoms with Gasteiger partial charge in [0.1, 0.15) is 24.2 Å². The average Bonchev–Trinajstić information content (AvgIpc) is 3.11. The second-order valence-corrected chi connectivity index (χ2v) is 6.53. The molecule has 0 aromatic heterocycles. The van der Waals surface area contributed by atoms with E-state index in [0.717, 1.165) is 0 Å². The first-order chi connectivity index (χ1) is 12.3. The fourth-order valence-electron chi connectivity index (χ4n) is 2.51. The second-order valence-electron chi connectivity index (χ2n) is 5.80. The average molecular weight is 409 g/mol. The Morgan fingerprint density at radius 3 is 2.27 bits per heavy atom. The third kappa shape index (κ3) is 5.76. The van der Waals surface area contributed by atoms with Crippen LogP contribution in [0.1, 0.15) is 12.8 Å². The van der Waals surface area contributed by atoms with Gasteiger partial charge in [-0.05, 0) is 12.8 Å². The van der Waals surface area contributed by atoms with Gasteiger partial charge in [-0.2, -0.15) is 25.3 Å². The van der Waals surface area contributed by atoms with E-state index in [9.17, 15) is 19.2 Å². The number of rotatable bonds is 9. The molecular weight excluding hydrogens is 384 g/mol. The number of nitrogens with two attached hydrogens (primary N) is 1. The van der Waals surface area contributed by atoms with Gasteiger partial charge in [0.2, 0.25) is 17.7 Å². The van der Waals surface area contributed by atoms with Crippen LogP contribution < -0.4 is 16.4 Å². The van der Waals surface area contributed by atoms with Gasteiger partial charge in [0, 0.05) is 18.1 Å². The lowest BCUT2D eigenvalue weighted by Gasteiger charge is -2.27. The summed E-state index contributed by atoms with van der Waals surface area (Å²) in [6.07, 6.45) is 0.978. The summed E-state index contributed by atoms with van der Waals surface area (Å²) >= 11 is 7.86. The maximum absolute atomic E-state index is 12.5. The third-order valence-corrected chi connectivity index (χ3v) is 4.70. The largest absolute Gasteiger partial charge is 0.480 e. The predicted octanol–water partition coefficient (Wildman–Crippen LogP) is -2.79. The van der Waals surface area contributed by atoms with Crippen LogP contribution in [0.3, 0.4) is 0 Å². The van der Waals surface area contributed by atoms with Crippen LogP contribution in [0.15, 0.2) is 0 Å². The van der Waals surface area contributed by atoms with Crippen LogP contribution in [-0.4, -0.2) is 87.6 Å². The van der Waals surface area contributed by atoms with Gasteiger partial charge in [-0.25, -0.2) is 4.79 Å². The summed E-state index contributed by atoms with van der Waals surface area (Å²) in [7, 11) is 0. The monoisotopic (exact) mass is 408 g/mol. The fraction of sp³-hybridized carbons (Fsp3) is 0.714. The molecule has 1 aliphatic heterocycles. The second kappa shape index (κ2) is 10.6. The van der Waals surface area contributed by atoms with Crippen LogP contribution in [-0.2, 0) is 19.2 Å². The molecule has 4 unspecified atom stereocenters. The zero-order valence-electron chi connectivity index (χ0n) is 14.0. The highest BCUT2D eigenvalue weighted by Crippen LogP contribution is 2.18. The molecular formula is C14H24N4O6S2. The molecule has 1 rings (SSSR count). The number of amides is 3. The molecule has 0 aliphatic carbocycles. The summed E-state index contributed by atoms with van der Waals surface area (Å²) in [5.74, 6) is -3.24. The molecule has 0 saturated carbocycles. The number of carbonyl (C=O) groups excluding carboxylic acids is 3. The number of aliphatic hydroxyl groups is 1. The maximum Gasteiger partial charge on any atom is 0.327 e. The van der Waals surface area contributed by atoms with Crippen molar-refractivity contribution in [2.45, 2.75) is 37.0 Å². The molecule has 0 radical (unpaired) electrons. The molecule has 1 fully saturated rings. The number of hydrogen-bond donors (Lipinski definition) is 7. The minimum Gasteiger partial charge on any atom is -0.480 e. The first-order valence-electron chi connectivity index (χ1n) is 7.99. The smallest absolute Gasteiger partial charge is 0.327 e. The number of likely N-dealkylation sites (tertiary alicyclic amines) is 1. The van der Waals surface area contributed by atoms with Gasteiger partial charge in [-0.3, -0.25) is 14.4 Å². The van der Waals surface area contributed by atoms with Crippen molar-refractivity contribution in [2.24, 2.45) is 5.73 Å². The Morgan fingerprint density at radius 1 is 1.15 bits per heavy atom. The first-order valence-corrected chi connectivity index (χ1v) is 9.25. The van der Waals surface area contributed by atoms with Crippen molar-refractivity contribution in [3.8, 4) is 0 Å². The molecule has 1 saturated heterocycles. The Balaban J connectivity index is 2.74. The summed E-state index contributed by atoms with van der Waals surface area (Å²) < 4.78 is 0. The van der Waals surface area contributed by atoms with Gasteiger partial charge in [-0.1, -0.05) is 0 Å². The van der Waals surface area contributed by atoms with E-state index in [1.807, 2.05) is 0 Å². The van der Waals surface area contributed by atoms with E-state index in [0.29, 0.717) is 19.4 Å². The quantitative estimate of drug-likeness (QED) is 0.203. The lowest BCUT2D eigenvalue weighted by Crippen LogP contribution is -2.57. The molecule has 6 N–H and O–H groups in total. The number of carboxylic acids is 1. The number of carboxylic acid groups (broad SMARTS) is 1. The van der Waals surface area contributed by atoms with E-state index in [1.165, 1.54) is 4.90 Å². The van der Waals surface area contributed by atoms with E-state index in [2.05, 4.69) is 35.9 Å². The SMILES string of the molecule is NC(CO)C(=O)N1CCCC1C(=O)NC(CS)C(=O)NC(CS)C(=O)O. The third-order valence-electron chi connectivity index (χ3n) is 3.97. The lowest BCUT2D eigenvalue weighted by molar-refractivity contribution is -0.142. The number of hydrogen-bond acceptors (Lipinski definition) is 8. The van der Waals surface area contributed by atoms with Crippen LogP contribution >= 0.6 is 25.3 Å². The Hall–Kier alpha value is -1.50. The molecule has 3 amide bonds.